The van der Waals surface area contributed by atoms with Crippen molar-refractivity contribution in [3.05, 3.63) is 28.8 Å². The molecule has 3 rings (SSSR count). The van der Waals surface area contributed by atoms with Crippen LogP contribution in [0.4, 0.5) is 5.69 Å². The number of ether oxygens (including phenoxy) is 1. The molecule has 4 nitrogen and oxygen atoms in total. The third-order valence-electron chi connectivity index (χ3n) is 4.54. The van der Waals surface area contributed by atoms with Gasteiger partial charge in [-0.15, -0.1) is 0 Å². The Hall–Kier alpha value is -0.810. The van der Waals surface area contributed by atoms with Crippen LogP contribution in [0.25, 0.3) is 0 Å². The monoisotopic (exact) mass is 309 g/mol. The maximum absolute atomic E-state index is 6.36. The first-order valence-electron chi connectivity index (χ1n) is 7.83. The number of rotatable bonds is 4. The van der Waals surface area contributed by atoms with Crippen LogP contribution >= 0.6 is 11.6 Å². The normalized spacial score (nSPS) is 23.7. The lowest BCUT2D eigenvalue weighted by Crippen LogP contribution is -2.44. The number of hydrogen-bond acceptors (Lipinski definition) is 4. The second-order valence-corrected chi connectivity index (χ2v) is 6.26. The molecule has 21 heavy (non-hydrogen) atoms. The van der Waals surface area contributed by atoms with Gasteiger partial charge in [-0.05, 0) is 37.1 Å². The summed E-state index contributed by atoms with van der Waals surface area (Å²) >= 11 is 6.36. The van der Waals surface area contributed by atoms with E-state index in [4.69, 9.17) is 22.1 Å². The van der Waals surface area contributed by atoms with Crippen LogP contribution in [0.5, 0.6) is 0 Å². The van der Waals surface area contributed by atoms with Gasteiger partial charge in [-0.2, -0.15) is 0 Å². The predicted octanol–water partition coefficient (Wildman–Crippen LogP) is 1.75. The Labute approximate surface area is 131 Å². The van der Waals surface area contributed by atoms with Crippen molar-refractivity contribution < 1.29 is 4.74 Å². The van der Waals surface area contributed by atoms with E-state index in [9.17, 15) is 0 Å². The van der Waals surface area contributed by atoms with Gasteiger partial charge in [0.05, 0.1) is 13.2 Å². The van der Waals surface area contributed by atoms with Crippen molar-refractivity contribution in [2.24, 2.45) is 5.73 Å². The Kier molecular flexibility index (Phi) is 5.01. The third kappa shape index (κ3) is 3.51. The number of nitrogens with two attached hydrogens (primary N) is 1. The van der Waals surface area contributed by atoms with Gasteiger partial charge in [-0.3, -0.25) is 4.90 Å². The molecule has 2 aliphatic rings. The fraction of sp³-hybridized carbons (Fsp3) is 0.625. The van der Waals surface area contributed by atoms with Gasteiger partial charge in [-0.1, -0.05) is 17.7 Å². The van der Waals surface area contributed by atoms with Crippen LogP contribution in [0.3, 0.4) is 0 Å². The lowest BCUT2D eigenvalue weighted by atomic mass is 10.1. The second-order valence-electron chi connectivity index (χ2n) is 5.85. The number of anilines is 1. The molecular formula is C16H24ClN3O. The minimum atomic E-state index is 0.641. The Morgan fingerprint density at radius 1 is 1.24 bits per heavy atom. The molecule has 0 aliphatic carbocycles. The summed E-state index contributed by atoms with van der Waals surface area (Å²) in [5, 5.41) is 0.841. The predicted molar refractivity (Wildman–Crippen MR) is 87.2 cm³/mol. The average Bonchev–Trinajstić information content (AvgIpc) is 3.00. The van der Waals surface area contributed by atoms with Crippen molar-refractivity contribution in [3.8, 4) is 0 Å². The highest BCUT2D eigenvalue weighted by Crippen LogP contribution is 2.28. The number of halogens is 1. The molecule has 2 fully saturated rings. The minimum absolute atomic E-state index is 0.641. The summed E-state index contributed by atoms with van der Waals surface area (Å²) in [4.78, 5) is 5.01. The molecule has 0 radical (unpaired) electrons. The Morgan fingerprint density at radius 3 is 2.76 bits per heavy atom. The van der Waals surface area contributed by atoms with Gasteiger partial charge < -0.3 is 15.4 Å². The van der Waals surface area contributed by atoms with Gasteiger partial charge in [0.1, 0.15) is 0 Å². The van der Waals surface area contributed by atoms with Crippen LogP contribution in [0, 0.1) is 0 Å². The highest BCUT2D eigenvalue weighted by Gasteiger charge is 2.28. The van der Waals surface area contributed by atoms with Crippen LogP contribution in [0.15, 0.2) is 18.2 Å². The van der Waals surface area contributed by atoms with Crippen molar-refractivity contribution in [2.45, 2.75) is 18.9 Å². The van der Waals surface area contributed by atoms with Gasteiger partial charge in [0.25, 0.3) is 0 Å². The maximum Gasteiger partial charge on any atom is 0.0594 e. The minimum Gasteiger partial charge on any atom is -0.379 e. The van der Waals surface area contributed by atoms with E-state index in [1.807, 2.05) is 0 Å². The molecule has 2 aliphatic heterocycles. The molecule has 2 N–H and O–H groups in total. The molecule has 2 heterocycles. The van der Waals surface area contributed by atoms with Crippen molar-refractivity contribution >= 4 is 17.3 Å². The summed E-state index contributed by atoms with van der Waals surface area (Å²) in [5.74, 6) is 0. The molecule has 1 aromatic carbocycles. The Balaban J connectivity index is 1.64. The molecule has 0 aromatic heterocycles. The van der Waals surface area contributed by atoms with E-state index in [1.54, 1.807) is 0 Å². The van der Waals surface area contributed by atoms with E-state index < -0.39 is 0 Å². The molecule has 1 aromatic rings. The number of nitrogens with zero attached hydrogens (tertiary/aromatic N) is 2. The summed E-state index contributed by atoms with van der Waals surface area (Å²) in [6, 6.07) is 7.04. The first-order chi connectivity index (χ1) is 10.3. The van der Waals surface area contributed by atoms with Crippen LogP contribution in [-0.4, -0.2) is 56.9 Å². The maximum atomic E-state index is 6.36. The van der Waals surface area contributed by atoms with E-state index in [2.05, 4.69) is 28.0 Å². The molecule has 5 heteroatoms. The van der Waals surface area contributed by atoms with E-state index >= 15 is 0 Å². The lowest BCUT2D eigenvalue weighted by molar-refractivity contribution is 0.0209. The smallest absolute Gasteiger partial charge is 0.0594 e. The zero-order valence-electron chi connectivity index (χ0n) is 12.4. The van der Waals surface area contributed by atoms with Crippen LogP contribution in [0.1, 0.15) is 12.0 Å². The van der Waals surface area contributed by atoms with E-state index in [0.717, 1.165) is 56.4 Å². The van der Waals surface area contributed by atoms with Crippen molar-refractivity contribution in [3.63, 3.8) is 0 Å². The standard InChI is InChI=1S/C16H24ClN3O/c17-16-11-14(2-1-13(16)3-5-18)20-6-4-15(12-20)19-7-9-21-10-8-19/h1-2,11,15H,3-10,12,18H2. The zero-order valence-corrected chi connectivity index (χ0v) is 13.2. The quantitative estimate of drug-likeness (QED) is 0.920. The molecule has 0 bridgehead atoms. The van der Waals surface area contributed by atoms with Crippen molar-refractivity contribution in [1.29, 1.82) is 0 Å². The number of hydrogen-bond donors (Lipinski definition) is 1. The van der Waals surface area contributed by atoms with Crippen LogP contribution in [-0.2, 0) is 11.2 Å². The number of benzene rings is 1. The molecule has 1 atom stereocenters. The van der Waals surface area contributed by atoms with Gasteiger partial charge in [0.2, 0.25) is 0 Å². The topological polar surface area (TPSA) is 41.7 Å². The van der Waals surface area contributed by atoms with E-state index in [0.29, 0.717) is 12.6 Å². The zero-order chi connectivity index (χ0) is 14.7. The van der Waals surface area contributed by atoms with E-state index in [1.165, 1.54) is 12.1 Å². The SMILES string of the molecule is NCCc1ccc(N2CCC(N3CCOCC3)C2)cc1Cl. The highest BCUT2D eigenvalue weighted by atomic mass is 35.5. The Bertz CT molecular complexity index is 477. The van der Waals surface area contributed by atoms with Crippen LogP contribution in [0.2, 0.25) is 5.02 Å². The first-order valence-corrected chi connectivity index (χ1v) is 8.21. The largest absolute Gasteiger partial charge is 0.379 e. The molecule has 2 saturated heterocycles. The van der Waals surface area contributed by atoms with E-state index in [-0.39, 0.29) is 0 Å². The molecule has 0 amide bonds. The molecule has 116 valence electrons. The average molecular weight is 310 g/mol. The number of morpholine rings is 1. The summed E-state index contributed by atoms with van der Waals surface area (Å²) in [7, 11) is 0. The fourth-order valence-electron chi connectivity index (χ4n) is 3.31. The van der Waals surface area contributed by atoms with Crippen molar-refractivity contribution in [1.82, 2.24) is 4.90 Å². The molecule has 1 unspecified atom stereocenters. The van der Waals surface area contributed by atoms with Gasteiger partial charge in [-0.25, -0.2) is 0 Å². The molecule has 0 saturated carbocycles. The lowest BCUT2D eigenvalue weighted by Gasteiger charge is -2.32. The Morgan fingerprint density at radius 2 is 2.05 bits per heavy atom. The van der Waals surface area contributed by atoms with Crippen molar-refractivity contribution in [2.75, 3.05) is 50.8 Å². The van der Waals surface area contributed by atoms with Gasteiger partial charge >= 0.3 is 0 Å². The molecular weight excluding hydrogens is 286 g/mol. The van der Waals surface area contributed by atoms with Gasteiger partial charge in [0.15, 0.2) is 0 Å². The first kappa shape index (κ1) is 15.1. The summed E-state index contributed by atoms with van der Waals surface area (Å²) in [6.07, 6.45) is 2.07. The summed E-state index contributed by atoms with van der Waals surface area (Å²) in [6.45, 7) is 6.71. The van der Waals surface area contributed by atoms with Gasteiger partial charge in [0, 0.05) is 42.9 Å². The summed E-state index contributed by atoms with van der Waals surface area (Å²) < 4.78 is 5.44. The fourth-order valence-corrected chi connectivity index (χ4v) is 3.58. The highest BCUT2D eigenvalue weighted by molar-refractivity contribution is 6.31. The molecule has 0 spiro atoms. The second kappa shape index (κ2) is 6.97. The summed E-state index contributed by atoms with van der Waals surface area (Å²) in [5.41, 5.74) is 7.98. The third-order valence-corrected chi connectivity index (χ3v) is 4.89. The van der Waals surface area contributed by atoms with Crippen LogP contribution < -0.4 is 10.6 Å².